The topological polar surface area (TPSA) is 78.9 Å². The van der Waals surface area contributed by atoms with Crippen LogP contribution >= 0.6 is 0 Å². The minimum Gasteiger partial charge on any atom is -0.481 e. The van der Waals surface area contributed by atoms with E-state index in [9.17, 15) is 9.59 Å². The maximum atomic E-state index is 11.9. The SMILES string of the molecule is CCN(C(=O)NCCOCCC(C)C)C(C)CC(=O)O. The summed E-state index contributed by atoms with van der Waals surface area (Å²) in [7, 11) is 0. The molecule has 2 N–H and O–H groups in total. The quantitative estimate of drug-likeness (QED) is 0.602. The molecular formula is C14H28N2O4. The smallest absolute Gasteiger partial charge is 0.317 e. The summed E-state index contributed by atoms with van der Waals surface area (Å²) in [5.41, 5.74) is 0. The highest BCUT2D eigenvalue weighted by molar-refractivity contribution is 5.75. The maximum Gasteiger partial charge on any atom is 0.317 e. The molecule has 0 bridgehead atoms. The van der Waals surface area contributed by atoms with Crippen LogP contribution in [0, 0.1) is 5.92 Å². The van der Waals surface area contributed by atoms with E-state index in [1.807, 2.05) is 6.92 Å². The molecule has 0 aliphatic rings. The Morgan fingerprint density at radius 2 is 1.90 bits per heavy atom. The van der Waals surface area contributed by atoms with Crippen LogP contribution in [0.1, 0.15) is 40.5 Å². The molecular weight excluding hydrogens is 260 g/mol. The number of nitrogens with zero attached hydrogens (tertiary/aromatic N) is 1. The Hall–Kier alpha value is -1.30. The summed E-state index contributed by atoms with van der Waals surface area (Å²) in [4.78, 5) is 24.1. The molecule has 20 heavy (non-hydrogen) atoms. The lowest BCUT2D eigenvalue weighted by Gasteiger charge is -2.27. The van der Waals surface area contributed by atoms with Crippen LogP contribution in [0.25, 0.3) is 0 Å². The van der Waals surface area contributed by atoms with Crippen LogP contribution in [0.2, 0.25) is 0 Å². The zero-order valence-electron chi connectivity index (χ0n) is 13.0. The maximum absolute atomic E-state index is 11.9. The molecule has 0 rings (SSSR count). The highest BCUT2D eigenvalue weighted by atomic mass is 16.5. The monoisotopic (exact) mass is 288 g/mol. The van der Waals surface area contributed by atoms with E-state index in [0.717, 1.165) is 6.42 Å². The van der Waals surface area contributed by atoms with Crippen molar-refractivity contribution in [1.29, 1.82) is 0 Å². The number of ether oxygens (including phenoxy) is 1. The van der Waals surface area contributed by atoms with Gasteiger partial charge in [-0.3, -0.25) is 4.79 Å². The molecule has 118 valence electrons. The number of hydrogen-bond donors (Lipinski definition) is 2. The molecule has 1 unspecified atom stereocenters. The fraction of sp³-hybridized carbons (Fsp3) is 0.857. The molecule has 2 amide bonds. The average molecular weight is 288 g/mol. The molecule has 0 aromatic carbocycles. The van der Waals surface area contributed by atoms with Crippen molar-refractivity contribution in [1.82, 2.24) is 10.2 Å². The van der Waals surface area contributed by atoms with Crippen molar-refractivity contribution in [2.45, 2.75) is 46.6 Å². The molecule has 0 aliphatic heterocycles. The molecule has 0 saturated carbocycles. The second-order valence-corrected chi connectivity index (χ2v) is 5.26. The van der Waals surface area contributed by atoms with E-state index in [1.54, 1.807) is 6.92 Å². The van der Waals surface area contributed by atoms with E-state index in [-0.39, 0.29) is 18.5 Å². The van der Waals surface area contributed by atoms with Crippen molar-refractivity contribution in [2.24, 2.45) is 5.92 Å². The third-order valence-corrected chi connectivity index (χ3v) is 2.97. The van der Waals surface area contributed by atoms with Crippen molar-refractivity contribution in [3.63, 3.8) is 0 Å². The van der Waals surface area contributed by atoms with Crippen LogP contribution in [0.15, 0.2) is 0 Å². The minimum absolute atomic E-state index is 0.0495. The molecule has 0 aliphatic carbocycles. The first-order valence-corrected chi connectivity index (χ1v) is 7.22. The van der Waals surface area contributed by atoms with Gasteiger partial charge in [-0.1, -0.05) is 13.8 Å². The standard InChI is InChI=1S/C14H28N2O4/c1-5-16(12(4)10-13(17)18)14(19)15-7-9-20-8-6-11(2)3/h11-12H,5-10H2,1-4H3,(H,15,19)(H,17,18). The molecule has 0 radical (unpaired) electrons. The fourth-order valence-corrected chi connectivity index (χ4v) is 1.77. The Labute approximate surface area is 121 Å². The van der Waals surface area contributed by atoms with Gasteiger partial charge in [-0.2, -0.15) is 0 Å². The predicted octanol–water partition coefficient (Wildman–Crippen LogP) is 1.94. The van der Waals surface area contributed by atoms with E-state index >= 15 is 0 Å². The number of hydrogen-bond acceptors (Lipinski definition) is 3. The first kappa shape index (κ1) is 18.7. The molecule has 0 spiro atoms. The van der Waals surface area contributed by atoms with Gasteiger partial charge in [0.1, 0.15) is 0 Å². The van der Waals surface area contributed by atoms with E-state index in [2.05, 4.69) is 19.2 Å². The number of carbonyl (C=O) groups is 2. The Morgan fingerprint density at radius 3 is 2.40 bits per heavy atom. The summed E-state index contributed by atoms with van der Waals surface area (Å²) < 4.78 is 5.41. The lowest BCUT2D eigenvalue weighted by atomic mass is 10.1. The van der Waals surface area contributed by atoms with Crippen LogP contribution in [-0.4, -0.2) is 54.4 Å². The van der Waals surface area contributed by atoms with Crippen molar-refractivity contribution < 1.29 is 19.4 Å². The van der Waals surface area contributed by atoms with E-state index in [0.29, 0.717) is 32.2 Å². The third kappa shape index (κ3) is 8.74. The third-order valence-electron chi connectivity index (χ3n) is 2.97. The van der Waals surface area contributed by atoms with E-state index in [1.165, 1.54) is 4.90 Å². The molecule has 0 aromatic heterocycles. The largest absolute Gasteiger partial charge is 0.481 e. The molecule has 0 heterocycles. The van der Waals surface area contributed by atoms with Crippen molar-refractivity contribution >= 4 is 12.0 Å². The highest BCUT2D eigenvalue weighted by Crippen LogP contribution is 2.04. The van der Waals surface area contributed by atoms with Crippen LogP contribution in [0.4, 0.5) is 4.79 Å². The van der Waals surface area contributed by atoms with Gasteiger partial charge in [0, 0.05) is 25.7 Å². The zero-order valence-corrected chi connectivity index (χ0v) is 13.0. The van der Waals surface area contributed by atoms with Gasteiger partial charge >= 0.3 is 12.0 Å². The van der Waals surface area contributed by atoms with Gasteiger partial charge in [0.05, 0.1) is 13.0 Å². The number of nitrogens with one attached hydrogen (secondary N) is 1. The second kappa shape index (κ2) is 10.5. The zero-order chi connectivity index (χ0) is 15.5. The summed E-state index contributed by atoms with van der Waals surface area (Å²) in [5.74, 6) is -0.294. The van der Waals surface area contributed by atoms with Gasteiger partial charge in [-0.15, -0.1) is 0 Å². The molecule has 0 aromatic rings. The number of carboxylic acids is 1. The normalized spacial score (nSPS) is 12.2. The Bertz CT molecular complexity index is 295. The van der Waals surface area contributed by atoms with Crippen LogP contribution in [-0.2, 0) is 9.53 Å². The van der Waals surface area contributed by atoms with Gasteiger partial charge < -0.3 is 20.1 Å². The van der Waals surface area contributed by atoms with Crippen molar-refractivity contribution in [2.75, 3.05) is 26.3 Å². The first-order chi connectivity index (χ1) is 9.38. The Kier molecular flexibility index (Phi) is 9.80. The van der Waals surface area contributed by atoms with Gasteiger partial charge in [0.25, 0.3) is 0 Å². The van der Waals surface area contributed by atoms with Crippen molar-refractivity contribution in [3.05, 3.63) is 0 Å². The number of carboxylic acid groups (broad SMARTS) is 1. The van der Waals surface area contributed by atoms with Gasteiger partial charge in [0.15, 0.2) is 0 Å². The Balaban J connectivity index is 3.89. The summed E-state index contributed by atoms with van der Waals surface area (Å²) in [6.45, 7) is 9.92. The van der Waals surface area contributed by atoms with Crippen LogP contribution in [0.3, 0.4) is 0 Å². The minimum atomic E-state index is -0.902. The lowest BCUT2D eigenvalue weighted by Crippen LogP contribution is -2.46. The Morgan fingerprint density at radius 1 is 1.25 bits per heavy atom. The summed E-state index contributed by atoms with van der Waals surface area (Å²) in [6.07, 6.45) is 0.955. The molecule has 6 heteroatoms. The lowest BCUT2D eigenvalue weighted by molar-refractivity contribution is -0.138. The van der Waals surface area contributed by atoms with Gasteiger partial charge in [-0.25, -0.2) is 4.79 Å². The predicted molar refractivity (Wildman–Crippen MR) is 77.8 cm³/mol. The first-order valence-electron chi connectivity index (χ1n) is 7.22. The number of rotatable bonds is 10. The summed E-state index contributed by atoms with van der Waals surface area (Å²) in [6, 6.07) is -0.562. The van der Waals surface area contributed by atoms with E-state index in [4.69, 9.17) is 9.84 Å². The molecule has 1 atom stereocenters. The number of amides is 2. The van der Waals surface area contributed by atoms with Crippen LogP contribution < -0.4 is 5.32 Å². The molecule has 0 saturated heterocycles. The van der Waals surface area contributed by atoms with Crippen molar-refractivity contribution in [3.8, 4) is 0 Å². The number of carbonyl (C=O) groups excluding carboxylic acids is 1. The summed E-state index contributed by atoms with van der Waals surface area (Å²) >= 11 is 0. The second-order valence-electron chi connectivity index (χ2n) is 5.26. The fourth-order valence-electron chi connectivity index (χ4n) is 1.77. The van der Waals surface area contributed by atoms with Gasteiger partial charge in [-0.05, 0) is 26.2 Å². The number of aliphatic carboxylic acids is 1. The molecule has 0 fully saturated rings. The van der Waals surface area contributed by atoms with Gasteiger partial charge in [0.2, 0.25) is 0 Å². The average Bonchev–Trinajstić information content (AvgIpc) is 2.33. The van der Waals surface area contributed by atoms with Crippen LogP contribution in [0.5, 0.6) is 0 Å². The summed E-state index contributed by atoms with van der Waals surface area (Å²) in [5, 5.41) is 11.5. The highest BCUT2D eigenvalue weighted by Gasteiger charge is 2.20. The number of urea groups is 1. The van der Waals surface area contributed by atoms with E-state index < -0.39 is 5.97 Å². The molecule has 6 nitrogen and oxygen atoms in total.